The average molecular weight is 398 g/mol. The number of pyridine rings is 1. The monoisotopic (exact) mass is 397 g/mol. The summed E-state index contributed by atoms with van der Waals surface area (Å²) in [5.41, 5.74) is 0.979. The topological polar surface area (TPSA) is 63.5 Å². The van der Waals surface area contributed by atoms with Gasteiger partial charge in [0.1, 0.15) is 11.6 Å². The Morgan fingerprint density at radius 3 is 2.72 bits per heavy atom. The van der Waals surface area contributed by atoms with Gasteiger partial charge in [-0.3, -0.25) is 14.7 Å². The van der Waals surface area contributed by atoms with Crippen molar-refractivity contribution in [1.82, 2.24) is 24.3 Å². The van der Waals surface area contributed by atoms with Gasteiger partial charge in [0, 0.05) is 57.2 Å². The number of imidazole rings is 1. The molecule has 7 heteroatoms. The number of ether oxygens (including phenoxy) is 1. The van der Waals surface area contributed by atoms with Gasteiger partial charge in [0.15, 0.2) is 0 Å². The zero-order chi connectivity index (χ0) is 20.2. The molecule has 4 heterocycles. The lowest BCUT2D eigenvalue weighted by molar-refractivity contribution is -0.137. The van der Waals surface area contributed by atoms with Gasteiger partial charge in [-0.1, -0.05) is 0 Å². The van der Waals surface area contributed by atoms with Crippen LogP contribution in [0.2, 0.25) is 0 Å². The predicted octanol–water partition coefficient (Wildman–Crippen LogP) is 2.26. The molecule has 0 aliphatic carbocycles. The third kappa shape index (κ3) is 4.96. The highest BCUT2D eigenvalue weighted by atomic mass is 16.5. The maximum absolute atomic E-state index is 13.1. The maximum atomic E-state index is 13.1. The van der Waals surface area contributed by atoms with Crippen LogP contribution in [0.3, 0.4) is 0 Å². The second-order valence-corrected chi connectivity index (χ2v) is 8.43. The summed E-state index contributed by atoms with van der Waals surface area (Å²) in [5.74, 6) is 2.48. The number of carbonyl (C=O) groups is 1. The van der Waals surface area contributed by atoms with Crippen molar-refractivity contribution in [2.75, 3.05) is 32.8 Å². The molecular formula is C22H31N5O2. The first-order chi connectivity index (χ1) is 14.1. The van der Waals surface area contributed by atoms with Crippen molar-refractivity contribution in [3.8, 4) is 5.75 Å². The van der Waals surface area contributed by atoms with Crippen LogP contribution in [0.1, 0.15) is 30.8 Å². The minimum absolute atomic E-state index is 0.0341. The summed E-state index contributed by atoms with van der Waals surface area (Å²) < 4.78 is 8.08. The fourth-order valence-electron chi connectivity index (χ4n) is 4.43. The molecule has 2 atom stereocenters. The lowest BCUT2D eigenvalue weighted by Crippen LogP contribution is -2.48. The first kappa shape index (κ1) is 19.9. The number of hydrogen-bond acceptors (Lipinski definition) is 5. The molecule has 2 aliphatic rings. The second-order valence-electron chi connectivity index (χ2n) is 8.43. The van der Waals surface area contributed by atoms with Crippen LogP contribution < -0.4 is 4.74 Å². The van der Waals surface area contributed by atoms with Gasteiger partial charge in [-0.25, -0.2) is 4.98 Å². The Labute approximate surface area is 172 Å². The highest BCUT2D eigenvalue weighted by molar-refractivity contribution is 5.79. The summed E-state index contributed by atoms with van der Waals surface area (Å²) in [4.78, 5) is 26.3. The lowest BCUT2D eigenvalue weighted by atomic mass is 9.88. The highest BCUT2D eigenvalue weighted by Crippen LogP contribution is 2.27. The fourth-order valence-corrected chi connectivity index (χ4v) is 4.43. The van der Waals surface area contributed by atoms with Gasteiger partial charge in [-0.15, -0.1) is 0 Å². The van der Waals surface area contributed by atoms with Crippen molar-refractivity contribution < 1.29 is 9.53 Å². The van der Waals surface area contributed by atoms with E-state index in [-0.39, 0.29) is 5.92 Å². The molecule has 156 valence electrons. The second kappa shape index (κ2) is 8.95. The lowest BCUT2D eigenvalue weighted by Gasteiger charge is -2.38. The van der Waals surface area contributed by atoms with E-state index in [1.807, 2.05) is 38.5 Å². The van der Waals surface area contributed by atoms with E-state index >= 15 is 0 Å². The van der Waals surface area contributed by atoms with Crippen LogP contribution in [0.4, 0.5) is 0 Å². The van der Waals surface area contributed by atoms with Crippen LogP contribution in [0.25, 0.3) is 0 Å². The summed E-state index contributed by atoms with van der Waals surface area (Å²) in [7, 11) is 2.02. The SMILES string of the molecule is Cc1ccc(OC[C@H]2C[C@@H](C(=O)N3CCCC3)CN(Cc3nccn3C)C2)cn1. The number of rotatable bonds is 6. The zero-order valence-corrected chi connectivity index (χ0v) is 17.5. The Morgan fingerprint density at radius 1 is 1.21 bits per heavy atom. The molecule has 0 unspecified atom stereocenters. The number of likely N-dealkylation sites (tertiary alicyclic amines) is 2. The quantitative estimate of drug-likeness (QED) is 0.748. The van der Waals surface area contributed by atoms with Crippen LogP contribution in [-0.2, 0) is 18.4 Å². The zero-order valence-electron chi connectivity index (χ0n) is 17.5. The number of carbonyl (C=O) groups excluding carboxylic acids is 1. The first-order valence-corrected chi connectivity index (χ1v) is 10.6. The molecule has 2 saturated heterocycles. The molecule has 4 rings (SSSR count). The Morgan fingerprint density at radius 2 is 2.03 bits per heavy atom. The Bertz CT molecular complexity index is 813. The molecule has 2 fully saturated rings. The van der Waals surface area contributed by atoms with Crippen LogP contribution in [-0.4, -0.2) is 63.0 Å². The molecule has 2 aromatic heterocycles. The average Bonchev–Trinajstić information content (AvgIpc) is 3.39. The van der Waals surface area contributed by atoms with E-state index in [4.69, 9.17) is 4.74 Å². The van der Waals surface area contributed by atoms with Gasteiger partial charge in [0.2, 0.25) is 5.91 Å². The molecule has 0 N–H and O–H groups in total. The standard InChI is InChI=1S/C22H31N5O2/c1-17-5-6-20(12-24-17)29-16-18-11-19(22(28)27-8-3-4-9-27)14-26(13-18)15-21-23-7-10-25(21)2/h5-7,10,12,18-19H,3-4,8-9,11,13-16H2,1-2H3/t18-,19+/m0/s1. The van der Waals surface area contributed by atoms with E-state index in [9.17, 15) is 4.79 Å². The van der Waals surface area contributed by atoms with Gasteiger partial charge in [-0.2, -0.15) is 0 Å². The van der Waals surface area contributed by atoms with Crippen LogP contribution in [0, 0.1) is 18.8 Å². The summed E-state index contributed by atoms with van der Waals surface area (Å²) >= 11 is 0. The highest BCUT2D eigenvalue weighted by Gasteiger charge is 2.35. The third-order valence-electron chi connectivity index (χ3n) is 6.04. The van der Waals surface area contributed by atoms with E-state index in [0.717, 1.165) is 69.3 Å². The fraction of sp³-hybridized carbons (Fsp3) is 0.591. The van der Waals surface area contributed by atoms with Crippen LogP contribution in [0.5, 0.6) is 5.75 Å². The largest absolute Gasteiger partial charge is 0.492 e. The molecule has 2 aromatic rings. The predicted molar refractivity (Wildman–Crippen MR) is 110 cm³/mol. The van der Waals surface area contributed by atoms with Crippen molar-refractivity contribution in [3.63, 3.8) is 0 Å². The normalized spacial score (nSPS) is 22.8. The molecule has 1 amide bonds. The van der Waals surface area contributed by atoms with Gasteiger partial charge in [-0.05, 0) is 38.3 Å². The van der Waals surface area contributed by atoms with Crippen LogP contribution in [0.15, 0.2) is 30.7 Å². The first-order valence-electron chi connectivity index (χ1n) is 10.6. The summed E-state index contributed by atoms with van der Waals surface area (Å²) in [6, 6.07) is 3.92. The minimum atomic E-state index is 0.0341. The number of aryl methyl sites for hydroxylation is 2. The number of nitrogens with zero attached hydrogens (tertiary/aromatic N) is 5. The van der Waals surface area contributed by atoms with Gasteiger partial charge < -0.3 is 14.2 Å². The maximum Gasteiger partial charge on any atom is 0.226 e. The Hall–Kier alpha value is -2.41. The molecule has 29 heavy (non-hydrogen) atoms. The molecule has 0 spiro atoms. The van der Waals surface area contributed by atoms with Gasteiger partial charge >= 0.3 is 0 Å². The Kier molecular flexibility index (Phi) is 6.13. The smallest absolute Gasteiger partial charge is 0.226 e. The molecule has 2 aliphatic heterocycles. The van der Waals surface area contributed by atoms with E-state index in [1.54, 1.807) is 6.20 Å². The summed E-state index contributed by atoms with van der Waals surface area (Å²) in [5, 5.41) is 0. The van der Waals surface area contributed by atoms with E-state index in [1.165, 1.54) is 0 Å². The van der Waals surface area contributed by atoms with E-state index in [2.05, 4.69) is 24.3 Å². The number of aromatic nitrogens is 3. The van der Waals surface area contributed by atoms with E-state index < -0.39 is 0 Å². The number of amides is 1. The van der Waals surface area contributed by atoms with Crippen molar-refractivity contribution >= 4 is 5.91 Å². The Balaban J connectivity index is 1.43. The molecule has 7 nitrogen and oxygen atoms in total. The third-order valence-corrected chi connectivity index (χ3v) is 6.04. The summed E-state index contributed by atoms with van der Waals surface area (Å²) in [6.07, 6.45) is 8.71. The minimum Gasteiger partial charge on any atom is -0.492 e. The van der Waals surface area contributed by atoms with Crippen molar-refractivity contribution in [2.45, 2.75) is 32.7 Å². The van der Waals surface area contributed by atoms with Crippen molar-refractivity contribution in [3.05, 3.63) is 42.2 Å². The van der Waals surface area contributed by atoms with Crippen molar-refractivity contribution in [2.24, 2.45) is 18.9 Å². The van der Waals surface area contributed by atoms with Gasteiger partial charge in [0.25, 0.3) is 0 Å². The molecule has 0 saturated carbocycles. The van der Waals surface area contributed by atoms with Gasteiger partial charge in [0.05, 0.1) is 25.3 Å². The molecule has 0 aromatic carbocycles. The molecule has 0 radical (unpaired) electrons. The number of piperidine rings is 1. The molecular weight excluding hydrogens is 366 g/mol. The van der Waals surface area contributed by atoms with E-state index in [0.29, 0.717) is 18.4 Å². The van der Waals surface area contributed by atoms with Crippen molar-refractivity contribution in [1.29, 1.82) is 0 Å². The number of hydrogen-bond donors (Lipinski definition) is 0. The summed E-state index contributed by atoms with van der Waals surface area (Å²) in [6.45, 7) is 6.85. The van der Waals surface area contributed by atoms with Crippen LogP contribution >= 0.6 is 0 Å². The molecule has 0 bridgehead atoms.